The average molecular weight is 355 g/mol. The monoisotopic (exact) mass is 355 g/mol. The Hall–Kier alpha value is -1.88. The number of fused-ring (bicyclic) bond motifs is 1. The molecule has 3 N–H and O–H groups in total. The Morgan fingerprint density at radius 3 is 2.35 bits per heavy atom. The number of hydrogen-bond acceptors (Lipinski definition) is 3. The lowest BCUT2D eigenvalue weighted by Gasteiger charge is -2.24. The molecule has 140 valence electrons. The van der Waals surface area contributed by atoms with Crippen LogP contribution in [0.1, 0.15) is 68.1 Å². The van der Waals surface area contributed by atoms with Crippen LogP contribution in [-0.2, 0) is 4.79 Å². The van der Waals surface area contributed by atoms with Crippen molar-refractivity contribution in [2.75, 3.05) is 5.32 Å². The van der Waals surface area contributed by atoms with Gasteiger partial charge < -0.3 is 16.0 Å². The molecule has 1 aliphatic heterocycles. The van der Waals surface area contributed by atoms with E-state index in [1.807, 2.05) is 12.1 Å². The van der Waals surface area contributed by atoms with Gasteiger partial charge in [-0.1, -0.05) is 25.7 Å². The van der Waals surface area contributed by atoms with E-state index in [1.165, 1.54) is 38.5 Å². The summed E-state index contributed by atoms with van der Waals surface area (Å²) < 4.78 is 0. The number of amides is 2. The van der Waals surface area contributed by atoms with E-state index in [0.29, 0.717) is 23.6 Å². The molecule has 0 spiro atoms. The quantitative estimate of drug-likeness (QED) is 0.777. The molecule has 3 unspecified atom stereocenters. The average Bonchev–Trinajstić information content (AvgIpc) is 3.31. The van der Waals surface area contributed by atoms with Crippen LogP contribution in [0, 0.1) is 5.92 Å². The van der Waals surface area contributed by atoms with Crippen molar-refractivity contribution >= 4 is 17.5 Å². The predicted octanol–water partition coefficient (Wildman–Crippen LogP) is 3.22. The minimum absolute atomic E-state index is 0.0173. The molecule has 0 radical (unpaired) electrons. The number of carbonyl (C=O) groups is 2. The Morgan fingerprint density at radius 1 is 0.923 bits per heavy atom. The van der Waals surface area contributed by atoms with E-state index in [0.717, 1.165) is 24.9 Å². The first-order chi connectivity index (χ1) is 12.7. The number of anilines is 1. The third kappa shape index (κ3) is 3.93. The maximum absolute atomic E-state index is 12.6. The van der Waals surface area contributed by atoms with Crippen LogP contribution >= 0.6 is 0 Å². The highest BCUT2D eigenvalue weighted by Gasteiger charge is 2.38. The molecule has 2 amide bonds. The fraction of sp³-hybridized carbons (Fsp3) is 0.619. The lowest BCUT2D eigenvalue weighted by atomic mass is 9.85. The summed E-state index contributed by atoms with van der Waals surface area (Å²) in [4.78, 5) is 24.8. The molecule has 3 atom stereocenters. The van der Waals surface area contributed by atoms with Gasteiger partial charge in [0.2, 0.25) is 5.91 Å². The summed E-state index contributed by atoms with van der Waals surface area (Å²) in [6.07, 6.45) is 10.5. The van der Waals surface area contributed by atoms with Gasteiger partial charge in [0.15, 0.2) is 0 Å². The van der Waals surface area contributed by atoms with E-state index >= 15 is 0 Å². The van der Waals surface area contributed by atoms with Crippen molar-refractivity contribution in [1.82, 2.24) is 10.6 Å². The van der Waals surface area contributed by atoms with Crippen molar-refractivity contribution in [2.24, 2.45) is 5.92 Å². The van der Waals surface area contributed by atoms with Gasteiger partial charge in [0.1, 0.15) is 0 Å². The van der Waals surface area contributed by atoms with E-state index in [1.54, 1.807) is 12.1 Å². The van der Waals surface area contributed by atoms with E-state index in [9.17, 15) is 9.59 Å². The number of carbonyl (C=O) groups excluding carboxylic acids is 2. The molecule has 1 heterocycles. The lowest BCUT2D eigenvalue weighted by Crippen LogP contribution is -2.39. The number of benzene rings is 1. The Morgan fingerprint density at radius 2 is 1.62 bits per heavy atom. The summed E-state index contributed by atoms with van der Waals surface area (Å²) in [7, 11) is 0. The molecule has 3 fully saturated rings. The van der Waals surface area contributed by atoms with E-state index in [2.05, 4.69) is 16.0 Å². The minimum atomic E-state index is -0.0894. The molecule has 1 saturated heterocycles. The van der Waals surface area contributed by atoms with Crippen LogP contribution in [0.4, 0.5) is 5.69 Å². The fourth-order valence-corrected chi connectivity index (χ4v) is 4.79. The molecular weight excluding hydrogens is 326 g/mol. The van der Waals surface area contributed by atoms with Crippen molar-refractivity contribution in [3.8, 4) is 0 Å². The zero-order valence-electron chi connectivity index (χ0n) is 15.3. The molecule has 3 aliphatic rings. The third-order valence-electron chi connectivity index (χ3n) is 6.28. The summed E-state index contributed by atoms with van der Waals surface area (Å²) in [5.41, 5.74) is 1.41. The molecule has 2 saturated carbocycles. The van der Waals surface area contributed by atoms with Gasteiger partial charge in [-0.15, -0.1) is 0 Å². The molecule has 5 heteroatoms. The van der Waals surface area contributed by atoms with Crippen LogP contribution in [0.3, 0.4) is 0 Å². The van der Waals surface area contributed by atoms with Crippen LogP contribution in [0.5, 0.6) is 0 Å². The number of nitrogens with one attached hydrogen (secondary N) is 3. The van der Waals surface area contributed by atoms with Gasteiger partial charge in [-0.2, -0.15) is 0 Å². The number of rotatable bonds is 4. The van der Waals surface area contributed by atoms with Gasteiger partial charge in [0, 0.05) is 23.3 Å². The first-order valence-electron chi connectivity index (χ1n) is 10.2. The molecule has 0 aromatic heterocycles. The van der Waals surface area contributed by atoms with Crippen molar-refractivity contribution in [3.63, 3.8) is 0 Å². The zero-order valence-corrected chi connectivity index (χ0v) is 15.3. The van der Waals surface area contributed by atoms with Crippen molar-refractivity contribution in [3.05, 3.63) is 29.8 Å². The third-order valence-corrected chi connectivity index (χ3v) is 6.28. The van der Waals surface area contributed by atoms with Gasteiger partial charge >= 0.3 is 0 Å². The van der Waals surface area contributed by atoms with Gasteiger partial charge in [0.05, 0.1) is 6.04 Å². The largest absolute Gasteiger partial charge is 0.349 e. The molecule has 2 aliphatic carbocycles. The Kier molecular flexibility index (Phi) is 5.25. The van der Waals surface area contributed by atoms with Crippen LogP contribution in [0.2, 0.25) is 0 Å². The van der Waals surface area contributed by atoms with Crippen molar-refractivity contribution in [2.45, 2.75) is 75.9 Å². The SMILES string of the molecule is O=C(NC1CCCC1)c1ccc(NC(=O)C2CC3CCCCC3N2)cc1. The zero-order chi connectivity index (χ0) is 17.9. The van der Waals surface area contributed by atoms with E-state index < -0.39 is 0 Å². The van der Waals surface area contributed by atoms with Gasteiger partial charge in [0.25, 0.3) is 5.91 Å². The van der Waals surface area contributed by atoms with Crippen LogP contribution < -0.4 is 16.0 Å². The molecule has 4 rings (SSSR count). The fourth-order valence-electron chi connectivity index (χ4n) is 4.79. The highest BCUT2D eigenvalue weighted by Crippen LogP contribution is 2.33. The highest BCUT2D eigenvalue weighted by molar-refractivity contribution is 5.97. The van der Waals surface area contributed by atoms with Gasteiger partial charge in [-0.3, -0.25) is 9.59 Å². The first kappa shape index (κ1) is 17.5. The van der Waals surface area contributed by atoms with Gasteiger partial charge in [-0.25, -0.2) is 0 Å². The van der Waals surface area contributed by atoms with Crippen LogP contribution in [-0.4, -0.2) is 29.9 Å². The van der Waals surface area contributed by atoms with Gasteiger partial charge in [-0.05, 0) is 62.3 Å². The molecule has 0 bridgehead atoms. The summed E-state index contributed by atoms with van der Waals surface area (Å²) >= 11 is 0. The highest BCUT2D eigenvalue weighted by atomic mass is 16.2. The minimum Gasteiger partial charge on any atom is -0.349 e. The molecule has 26 heavy (non-hydrogen) atoms. The molecule has 5 nitrogen and oxygen atoms in total. The normalized spacial score (nSPS) is 28.5. The lowest BCUT2D eigenvalue weighted by molar-refractivity contribution is -0.117. The molecule has 1 aromatic carbocycles. The topological polar surface area (TPSA) is 70.2 Å². The van der Waals surface area contributed by atoms with Crippen molar-refractivity contribution in [1.29, 1.82) is 0 Å². The van der Waals surface area contributed by atoms with E-state index in [4.69, 9.17) is 0 Å². The van der Waals surface area contributed by atoms with Crippen LogP contribution in [0.25, 0.3) is 0 Å². The smallest absolute Gasteiger partial charge is 0.251 e. The summed E-state index contributed by atoms with van der Waals surface area (Å²) in [5.74, 6) is 0.681. The number of hydrogen-bond donors (Lipinski definition) is 3. The standard InChI is InChI=1S/C21H29N3O2/c25-20(22-16-6-2-3-7-16)14-9-11-17(12-10-14)23-21(26)19-13-15-5-1-4-8-18(15)24-19/h9-12,15-16,18-19,24H,1-8,13H2,(H,22,25)(H,23,26). The van der Waals surface area contributed by atoms with Crippen LogP contribution in [0.15, 0.2) is 24.3 Å². The first-order valence-corrected chi connectivity index (χ1v) is 10.2. The predicted molar refractivity (Wildman–Crippen MR) is 102 cm³/mol. The Bertz CT molecular complexity index is 638. The van der Waals surface area contributed by atoms with Crippen molar-refractivity contribution < 1.29 is 9.59 Å². The second-order valence-corrected chi connectivity index (χ2v) is 8.13. The maximum atomic E-state index is 12.6. The second-order valence-electron chi connectivity index (χ2n) is 8.13. The second kappa shape index (κ2) is 7.78. The molecule has 1 aromatic rings. The summed E-state index contributed by atoms with van der Waals surface area (Å²) in [5, 5.41) is 9.60. The summed E-state index contributed by atoms with van der Waals surface area (Å²) in [6.45, 7) is 0. The Balaban J connectivity index is 1.31. The van der Waals surface area contributed by atoms with E-state index in [-0.39, 0.29) is 17.9 Å². The summed E-state index contributed by atoms with van der Waals surface area (Å²) in [6, 6.07) is 7.98. The molecular formula is C21H29N3O2. The Labute approximate surface area is 155 Å². The maximum Gasteiger partial charge on any atom is 0.251 e.